The minimum absolute atomic E-state index is 0.218. The van der Waals surface area contributed by atoms with E-state index in [0.29, 0.717) is 6.42 Å². The van der Waals surface area contributed by atoms with Crippen LogP contribution in [0.5, 0.6) is 0 Å². The Kier molecular flexibility index (Phi) is 2.54. The second kappa shape index (κ2) is 3.11. The fraction of sp³-hybridized carbons (Fsp3) is 1.00. The first-order chi connectivity index (χ1) is 5.05. The SMILES string of the molecule is CCCC1CCC1S(=O)(=O)O. The maximum atomic E-state index is 10.7. The topological polar surface area (TPSA) is 54.4 Å². The van der Waals surface area contributed by atoms with Gasteiger partial charge in [-0.2, -0.15) is 8.42 Å². The van der Waals surface area contributed by atoms with E-state index in [4.69, 9.17) is 4.55 Å². The third-order valence-electron chi connectivity index (χ3n) is 2.39. The molecular formula is C7H14O3S. The molecule has 0 amide bonds. The Labute approximate surface area is 67.6 Å². The molecule has 1 aliphatic rings. The largest absolute Gasteiger partial charge is 0.285 e. The Morgan fingerprint density at radius 2 is 2.09 bits per heavy atom. The summed E-state index contributed by atoms with van der Waals surface area (Å²) in [6.45, 7) is 2.03. The van der Waals surface area contributed by atoms with Crippen molar-refractivity contribution in [2.45, 2.75) is 37.9 Å². The zero-order chi connectivity index (χ0) is 8.48. The van der Waals surface area contributed by atoms with Crippen molar-refractivity contribution in [1.29, 1.82) is 0 Å². The highest BCUT2D eigenvalue weighted by Crippen LogP contribution is 2.35. The van der Waals surface area contributed by atoms with Crippen LogP contribution in [0.2, 0.25) is 0 Å². The number of rotatable bonds is 3. The van der Waals surface area contributed by atoms with Crippen molar-refractivity contribution in [3.8, 4) is 0 Å². The molecule has 0 bridgehead atoms. The van der Waals surface area contributed by atoms with Gasteiger partial charge in [0.25, 0.3) is 10.1 Å². The van der Waals surface area contributed by atoms with Gasteiger partial charge in [0.05, 0.1) is 5.25 Å². The van der Waals surface area contributed by atoms with E-state index >= 15 is 0 Å². The van der Waals surface area contributed by atoms with Crippen LogP contribution in [-0.2, 0) is 10.1 Å². The van der Waals surface area contributed by atoms with E-state index in [0.717, 1.165) is 19.3 Å². The van der Waals surface area contributed by atoms with Crippen LogP contribution in [0.3, 0.4) is 0 Å². The Balaban J connectivity index is 2.50. The van der Waals surface area contributed by atoms with Crippen LogP contribution in [0.4, 0.5) is 0 Å². The highest BCUT2D eigenvalue weighted by Gasteiger charge is 2.38. The molecule has 2 unspecified atom stereocenters. The summed E-state index contributed by atoms with van der Waals surface area (Å²) in [5.74, 6) is 0.218. The van der Waals surface area contributed by atoms with Gasteiger partial charge in [0.15, 0.2) is 0 Å². The summed E-state index contributed by atoms with van der Waals surface area (Å²) in [6, 6.07) is 0. The van der Waals surface area contributed by atoms with E-state index in [1.54, 1.807) is 0 Å². The van der Waals surface area contributed by atoms with E-state index in [1.165, 1.54) is 0 Å². The minimum Gasteiger partial charge on any atom is -0.285 e. The van der Waals surface area contributed by atoms with Gasteiger partial charge in [-0.15, -0.1) is 0 Å². The minimum atomic E-state index is -3.74. The van der Waals surface area contributed by atoms with Crippen LogP contribution < -0.4 is 0 Å². The average molecular weight is 178 g/mol. The normalized spacial score (nSPS) is 31.5. The van der Waals surface area contributed by atoms with Crippen molar-refractivity contribution in [3.05, 3.63) is 0 Å². The van der Waals surface area contributed by atoms with Crippen molar-refractivity contribution < 1.29 is 13.0 Å². The average Bonchev–Trinajstić information content (AvgIpc) is 1.75. The highest BCUT2D eigenvalue weighted by atomic mass is 32.2. The van der Waals surface area contributed by atoms with Gasteiger partial charge < -0.3 is 0 Å². The van der Waals surface area contributed by atoms with Crippen LogP contribution in [0.1, 0.15) is 32.6 Å². The lowest BCUT2D eigenvalue weighted by Gasteiger charge is -2.33. The molecule has 2 atom stereocenters. The molecule has 1 N–H and O–H groups in total. The molecule has 1 fully saturated rings. The Morgan fingerprint density at radius 1 is 1.45 bits per heavy atom. The van der Waals surface area contributed by atoms with Gasteiger partial charge in [-0.1, -0.05) is 13.3 Å². The van der Waals surface area contributed by atoms with Gasteiger partial charge in [0.2, 0.25) is 0 Å². The Bertz CT molecular complexity index is 220. The molecule has 4 heteroatoms. The van der Waals surface area contributed by atoms with Gasteiger partial charge in [0.1, 0.15) is 0 Å². The van der Waals surface area contributed by atoms with Crippen LogP contribution in [0.15, 0.2) is 0 Å². The fourth-order valence-electron chi connectivity index (χ4n) is 1.63. The predicted octanol–water partition coefficient (Wildman–Crippen LogP) is 1.45. The Hall–Kier alpha value is -0.0900. The molecule has 0 saturated heterocycles. The smallest absolute Gasteiger partial charge is 0.268 e. The van der Waals surface area contributed by atoms with Gasteiger partial charge >= 0.3 is 0 Å². The molecule has 0 spiro atoms. The second-order valence-electron chi connectivity index (χ2n) is 3.18. The van der Waals surface area contributed by atoms with Crippen molar-refractivity contribution in [2.75, 3.05) is 0 Å². The Morgan fingerprint density at radius 3 is 2.36 bits per heavy atom. The number of hydrogen-bond acceptors (Lipinski definition) is 2. The molecule has 0 aliphatic heterocycles. The first kappa shape index (κ1) is 9.00. The summed E-state index contributed by atoms with van der Waals surface area (Å²) in [4.78, 5) is 0. The predicted molar refractivity (Wildman–Crippen MR) is 43.0 cm³/mol. The van der Waals surface area contributed by atoms with Crippen LogP contribution in [0.25, 0.3) is 0 Å². The van der Waals surface area contributed by atoms with Crippen LogP contribution >= 0.6 is 0 Å². The summed E-state index contributed by atoms with van der Waals surface area (Å²) in [7, 11) is -3.74. The highest BCUT2D eigenvalue weighted by molar-refractivity contribution is 7.86. The van der Waals surface area contributed by atoms with Crippen molar-refractivity contribution >= 4 is 10.1 Å². The van der Waals surface area contributed by atoms with E-state index in [1.807, 2.05) is 6.92 Å². The third-order valence-corrected chi connectivity index (χ3v) is 3.78. The molecule has 0 aromatic rings. The molecule has 0 heterocycles. The molecule has 11 heavy (non-hydrogen) atoms. The first-order valence-corrected chi connectivity index (χ1v) is 5.52. The standard InChI is InChI=1S/C7H14O3S/c1-2-3-6-4-5-7(6)11(8,9)10/h6-7H,2-5H2,1H3,(H,8,9,10). The molecule has 66 valence electrons. The quantitative estimate of drug-likeness (QED) is 0.665. The first-order valence-electron chi connectivity index (χ1n) is 4.02. The van der Waals surface area contributed by atoms with E-state index in [9.17, 15) is 8.42 Å². The third kappa shape index (κ3) is 1.93. The van der Waals surface area contributed by atoms with Crippen molar-refractivity contribution in [2.24, 2.45) is 5.92 Å². The molecule has 0 aromatic heterocycles. The van der Waals surface area contributed by atoms with E-state index < -0.39 is 15.4 Å². The maximum Gasteiger partial charge on any atom is 0.268 e. The van der Waals surface area contributed by atoms with E-state index in [2.05, 4.69) is 0 Å². The van der Waals surface area contributed by atoms with E-state index in [-0.39, 0.29) is 5.92 Å². The fourth-order valence-corrected chi connectivity index (χ4v) is 2.82. The molecule has 1 saturated carbocycles. The number of hydrogen-bond donors (Lipinski definition) is 1. The summed E-state index contributed by atoms with van der Waals surface area (Å²) < 4.78 is 30.0. The van der Waals surface area contributed by atoms with Crippen molar-refractivity contribution in [1.82, 2.24) is 0 Å². The molecule has 0 radical (unpaired) electrons. The summed E-state index contributed by atoms with van der Waals surface area (Å²) in [6.07, 6.45) is 3.52. The van der Waals surface area contributed by atoms with Gasteiger partial charge in [-0.25, -0.2) is 0 Å². The van der Waals surface area contributed by atoms with Gasteiger partial charge in [-0.05, 0) is 25.2 Å². The molecule has 3 nitrogen and oxygen atoms in total. The van der Waals surface area contributed by atoms with Crippen molar-refractivity contribution in [3.63, 3.8) is 0 Å². The summed E-state index contributed by atoms with van der Waals surface area (Å²) in [5.41, 5.74) is 0. The van der Waals surface area contributed by atoms with Gasteiger partial charge in [0, 0.05) is 0 Å². The molecule has 1 aliphatic carbocycles. The molecule has 0 aromatic carbocycles. The van der Waals surface area contributed by atoms with Crippen LogP contribution in [-0.4, -0.2) is 18.2 Å². The zero-order valence-corrected chi connectivity index (χ0v) is 7.47. The lowest BCUT2D eigenvalue weighted by atomic mass is 9.81. The zero-order valence-electron chi connectivity index (χ0n) is 6.66. The molecule has 1 rings (SSSR count). The summed E-state index contributed by atoms with van der Waals surface area (Å²) >= 11 is 0. The monoisotopic (exact) mass is 178 g/mol. The summed E-state index contributed by atoms with van der Waals surface area (Å²) in [5, 5.41) is -0.456. The lowest BCUT2D eigenvalue weighted by Crippen LogP contribution is -2.38. The molecular weight excluding hydrogens is 164 g/mol. The second-order valence-corrected chi connectivity index (χ2v) is 4.81. The van der Waals surface area contributed by atoms with Crippen LogP contribution in [0, 0.1) is 5.92 Å². The maximum absolute atomic E-state index is 10.7. The van der Waals surface area contributed by atoms with Gasteiger partial charge in [-0.3, -0.25) is 4.55 Å². The lowest BCUT2D eigenvalue weighted by molar-refractivity contribution is 0.279.